The maximum absolute atomic E-state index is 12.6. The number of carbonyl (C=O) groups is 1. The molecule has 0 saturated heterocycles. The normalized spacial score (nSPS) is 12.4. The van der Waals surface area contributed by atoms with E-state index in [1.54, 1.807) is 30.3 Å². The molecule has 0 saturated carbocycles. The first-order valence-electron chi connectivity index (χ1n) is 7.91. The van der Waals surface area contributed by atoms with Crippen molar-refractivity contribution in [3.05, 3.63) is 36.2 Å². The first-order chi connectivity index (χ1) is 10.9. The summed E-state index contributed by atoms with van der Waals surface area (Å²) in [5.74, 6) is 0.709. The lowest BCUT2D eigenvalue weighted by molar-refractivity contribution is 0.0579. The first-order valence-corrected chi connectivity index (χ1v) is 7.91. The van der Waals surface area contributed by atoms with Crippen LogP contribution in [-0.2, 0) is 6.54 Å². The Kier molecular flexibility index (Phi) is 5.50. The number of aromatic nitrogens is 3. The minimum Gasteiger partial charge on any atom is -0.392 e. The maximum Gasteiger partial charge on any atom is 0.254 e. The highest BCUT2D eigenvalue weighted by Crippen LogP contribution is 2.18. The molecule has 1 aromatic carbocycles. The summed E-state index contributed by atoms with van der Waals surface area (Å²) in [6.45, 7) is 8.71. The van der Waals surface area contributed by atoms with Crippen LogP contribution in [0.2, 0.25) is 0 Å². The molecule has 0 spiro atoms. The van der Waals surface area contributed by atoms with Gasteiger partial charge in [-0.05, 0) is 39.8 Å². The Hall–Kier alpha value is -2.21. The summed E-state index contributed by atoms with van der Waals surface area (Å²) in [5.41, 5.74) is 1.53. The highest BCUT2D eigenvalue weighted by Gasteiger charge is 2.20. The molecule has 0 aliphatic rings. The van der Waals surface area contributed by atoms with E-state index >= 15 is 0 Å². The second-order valence-corrected chi connectivity index (χ2v) is 5.92. The van der Waals surface area contributed by atoms with Gasteiger partial charge in [0.2, 0.25) is 0 Å². The van der Waals surface area contributed by atoms with Crippen LogP contribution >= 0.6 is 0 Å². The second kappa shape index (κ2) is 7.37. The summed E-state index contributed by atoms with van der Waals surface area (Å²) in [6.07, 6.45) is 1.14. The molecule has 6 heteroatoms. The van der Waals surface area contributed by atoms with E-state index in [1.807, 2.05) is 37.5 Å². The van der Waals surface area contributed by atoms with Crippen LogP contribution < -0.4 is 0 Å². The van der Waals surface area contributed by atoms with E-state index in [4.69, 9.17) is 0 Å². The number of nitrogens with zero attached hydrogens (tertiary/aromatic N) is 4. The summed E-state index contributed by atoms with van der Waals surface area (Å²) in [4.78, 5) is 14.3. The van der Waals surface area contributed by atoms with Gasteiger partial charge in [-0.3, -0.25) is 4.79 Å². The highest BCUT2D eigenvalue weighted by atomic mass is 16.3. The van der Waals surface area contributed by atoms with E-state index in [9.17, 15) is 9.90 Å². The van der Waals surface area contributed by atoms with Gasteiger partial charge in [-0.1, -0.05) is 12.1 Å². The summed E-state index contributed by atoms with van der Waals surface area (Å²) in [7, 11) is 0. The average molecular weight is 316 g/mol. The largest absolute Gasteiger partial charge is 0.392 e. The SMILES string of the molecule is CCn1cnnc1-c1ccc(C(=O)N(CC(C)O)C(C)C)cc1. The number of amides is 1. The molecule has 1 atom stereocenters. The molecule has 1 heterocycles. The zero-order valence-corrected chi connectivity index (χ0v) is 14.1. The van der Waals surface area contributed by atoms with Crippen LogP contribution in [0, 0.1) is 0 Å². The fourth-order valence-electron chi connectivity index (χ4n) is 2.45. The van der Waals surface area contributed by atoms with Crippen LogP contribution in [-0.4, -0.2) is 49.4 Å². The predicted molar refractivity (Wildman–Crippen MR) is 89.0 cm³/mol. The Morgan fingerprint density at radius 1 is 1.26 bits per heavy atom. The van der Waals surface area contributed by atoms with Gasteiger partial charge in [0.25, 0.3) is 5.91 Å². The Bertz CT molecular complexity index is 647. The number of aliphatic hydroxyl groups is 1. The van der Waals surface area contributed by atoms with Crippen molar-refractivity contribution in [2.45, 2.75) is 46.4 Å². The number of hydrogen-bond donors (Lipinski definition) is 1. The molecule has 0 bridgehead atoms. The molecule has 1 aromatic heterocycles. The predicted octanol–water partition coefficient (Wildman–Crippen LogP) is 2.20. The Morgan fingerprint density at radius 3 is 2.43 bits per heavy atom. The molecule has 1 unspecified atom stereocenters. The van der Waals surface area contributed by atoms with Crippen LogP contribution in [0.15, 0.2) is 30.6 Å². The van der Waals surface area contributed by atoms with Gasteiger partial charge < -0.3 is 14.6 Å². The molecule has 124 valence electrons. The fraction of sp³-hybridized carbons (Fsp3) is 0.471. The van der Waals surface area contributed by atoms with Crippen LogP contribution in [0.4, 0.5) is 0 Å². The van der Waals surface area contributed by atoms with Crippen molar-refractivity contribution >= 4 is 5.91 Å². The lowest BCUT2D eigenvalue weighted by Gasteiger charge is -2.28. The standard InChI is InChI=1S/C17H24N4O2/c1-5-20-11-18-19-16(20)14-6-8-15(9-7-14)17(23)21(12(2)3)10-13(4)22/h6-9,11-13,22H,5,10H2,1-4H3. The molecule has 0 fully saturated rings. The van der Waals surface area contributed by atoms with E-state index in [0.717, 1.165) is 17.9 Å². The third kappa shape index (κ3) is 3.96. The molecular weight excluding hydrogens is 292 g/mol. The van der Waals surface area contributed by atoms with Crippen molar-refractivity contribution in [2.75, 3.05) is 6.54 Å². The van der Waals surface area contributed by atoms with Crippen molar-refractivity contribution in [1.82, 2.24) is 19.7 Å². The molecule has 0 aliphatic carbocycles. The molecule has 23 heavy (non-hydrogen) atoms. The highest BCUT2D eigenvalue weighted by molar-refractivity contribution is 5.94. The van der Waals surface area contributed by atoms with Gasteiger partial charge in [-0.25, -0.2) is 0 Å². The van der Waals surface area contributed by atoms with Crippen molar-refractivity contribution in [3.8, 4) is 11.4 Å². The average Bonchev–Trinajstić information content (AvgIpc) is 3.00. The van der Waals surface area contributed by atoms with E-state index in [1.165, 1.54) is 0 Å². The van der Waals surface area contributed by atoms with Gasteiger partial charge in [0.15, 0.2) is 5.82 Å². The summed E-state index contributed by atoms with van der Waals surface area (Å²) in [6, 6.07) is 7.38. The number of hydrogen-bond acceptors (Lipinski definition) is 4. The maximum atomic E-state index is 12.6. The third-order valence-electron chi connectivity index (χ3n) is 3.69. The molecular formula is C17H24N4O2. The van der Waals surface area contributed by atoms with Crippen LogP contribution in [0.3, 0.4) is 0 Å². The second-order valence-electron chi connectivity index (χ2n) is 5.92. The number of carbonyl (C=O) groups excluding carboxylic acids is 1. The molecule has 1 N–H and O–H groups in total. The molecule has 0 aliphatic heterocycles. The van der Waals surface area contributed by atoms with Gasteiger partial charge in [-0.15, -0.1) is 10.2 Å². The molecule has 2 rings (SSSR count). The minimum atomic E-state index is -0.552. The van der Waals surface area contributed by atoms with Gasteiger partial charge in [-0.2, -0.15) is 0 Å². The van der Waals surface area contributed by atoms with Crippen molar-refractivity contribution in [3.63, 3.8) is 0 Å². The summed E-state index contributed by atoms with van der Waals surface area (Å²) in [5, 5.41) is 17.6. The summed E-state index contributed by atoms with van der Waals surface area (Å²) >= 11 is 0. The van der Waals surface area contributed by atoms with E-state index < -0.39 is 6.10 Å². The van der Waals surface area contributed by atoms with E-state index in [-0.39, 0.29) is 11.9 Å². The summed E-state index contributed by atoms with van der Waals surface area (Å²) < 4.78 is 1.95. The monoisotopic (exact) mass is 316 g/mol. The molecule has 6 nitrogen and oxygen atoms in total. The van der Waals surface area contributed by atoms with Crippen LogP contribution in [0.25, 0.3) is 11.4 Å². The Labute approximate surface area is 136 Å². The lowest BCUT2D eigenvalue weighted by atomic mass is 10.1. The molecule has 2 aromatic rings. The molecule has 0 radical (unpaired) electrons. The number of aliphatic hydroxyl groups excluding tert-OH is 1. The fourth-order valence-corrected chi connectivity index (χ4v) is 2.45. The minimum absolute atomic E-state index is 0.0277. The number of rotatable bonds is 6. The lowest BCUT2D eigenvalue weighted by Crippen LogP contribution is -2.41. The van der Waals surface area contributed by atoms with Gasteiger partial charge >= 0.3 is 0 Å². The van der Waals surface area contributed by atoms with E-state index in [2.05, 4.69) is 10.2 Å². The molecule has 1 amide bonds. The van der Waals surface area contributed by atoms with Crippen LogP contribution in [0.5, 0.6) is 0 Å². The zero-order valence-electron chi connectivity index (χ0n) is 14.1. The van der Waals surface area contributed by atoms with Gasteiger partial charge in [0.1, 0.15) is 6.33 Å². The van der Waals surface area contributed by atoms with Crippen molar-refractivity contribution < 1.29 is 9.90 Å². The van der Waals surface area contributed by atoms with Crippen LogP contribution in [0.1, 0.15) is 38.1 Å². The topological polar surface area (TPSA) is 71.2 Å². The smallest absolute Gasteiger partial charge is 0.254 e. The third-order valence-corrected chi connectivity index (χ3v) is 3.69. The Balaban J connectivity index is 2.23. The Morgan fingerprint density at radius 2 is 1.91 bits per heavy atom. The number of aryl methyl sites for hydroxylation is 1. The zero-order chi connectivity index (χ0) is 17.0. The van der Waals surface area contributed by atoms with Crippen molar-refractivity contribution in [2.24, 2.45) is 0 Å². The van der Waals surface area contributed by atoms with Crippen molar-refractivity contribution in [1.29, 1.82) is 0 Å². The number of benzene rings is 1. The van der Waals surface area contributed by atoms with E-state index in [0.29, 0.717) is 12.1 Å². The first kappa shape index (κ1) is 17.1. The van der Waals surface area contributed by atoms with Gasteiger partial charge in [0.05, 0.1) is 6.10 Å². The van der Waals surface area contributed by atoms with Gasteiger partial charge in [0, 0.05) is 30.3 Å². The quantitative estimate of drug-likeness (QED) is 0.887.